The molecular weight excluding hydrogens is 687 g/mol. The third kappa shape index (κ3) is 5.24. The number of hydrogen-bond donors (Lipinski definition) is 0. The predicted molar refractivity (Wildman–Crippen MR) is 237 cm³/mol. The van der Waals surface area contributed by atoms with Gasteiger partial charge < -0.3 is 4.90 Å². The second kappa shape index (κ2) is 13.5. The first-order chi connectivity index (χ1) is 28.3. The van der Waals surface area contributed by atoms with E-state index in [0.717, 1.165) is 17.1 Å². The molecule has 0 heterocycles. The molecule has 1 unspecified atom stereocenters. The van der Waals surface area contributed by atoms with Gasteiger partial charge in [-0.1, -0.05) is 188 Å². The quantitative estimate of drug-likeness (QED) is 0.158. The van der Waals surface area contributed by atoms with Crippen LogP contribution in [0, 0.1) is 0 Å². The molecule has 0 fully saturated rings. The van der Waals surface area contributed by atoms with Crippen LogP contribution in [0.2, 0.25) is 0 Å². The fourth-order valence-corrected chi connectivity index (χ4v) is 9.79. The second-order valence-electron chi connectivity index (χ2n) is 15.2. The van der Waals surface area contributed by atoms with Gasteiger partial charge >= 0.3 is 0 Å². The summed E-state index contributed by atoms with van der Waals surface area (Å²) in [4.78, 5) is 2.40. The molecule has 0 saturated heterocycles. The van der Waals surface area contributed by atoms with Crippen molar-refractivity contribution in [2.24, 2.45) is 0 Å². The molecule has 268 valence electrons. The summed E-state index contributed by atoms with van der Waals surface area (Å²) in [6.07, 6.45) is 0. The fourth-order valence-electron chi connectivity index (χ4n) is 9.79. The first kappa shape index (κ1) is 33.1. The monoisotopic (exact) mass is 725 g/mol. The normalized spacial score (nSPS) is 14.3. The van der Waals surface area contributed by atoms with Gasteiger partial charge in [0.25, 0.3) is 0 Å². The van der Waals surface area contributed by atoms with Crippen molar-refractivity contribution < 1.29 is 0 Å². The molecule has 0 amide bonds. The third-order valence-corrected chi connectivity index (χ3v) is 12.2. The number of benzene rings is 9. The second-order valence-corrected chi connectivity index (χ2v) is 15.2. The largest absolute Gasteiger partial charge is 0.310 e. The van der Waals surface area contributed by atoms with E-state index in [-0.39, 0.29) is 5.92 Å². The maximum Gasteiger partial charge on any atom is 0.0714 e. The average molecular weight is 726 g/mol. The molecule has 1 heteroatoms. The summed E-state index contributed by atoms with van der Waals surface area (Å²) in [6, 6.07) is 84.8. The lowest BCUT2D eigenvalue weighted by Crippen LogP contribution is -2.28. The van der Waals surface area contributed by atoms with Crippen LogP contribution in [0.5, 0.6) is 0 Å². The van der Waals surface area contributed by atoms with E-state index in [0.29, 0.717) is 0 Å². The van der Waals surface area contributed by atoms with Gasteiger partial charge in [0, 0.05) is 23.0 Å². The molecule has 57 heavy (non-hydrogen) atoms. The molecule has 0 N–H and O–H groups in total. The van der Waals surface area contributed by atoms with Crippen LogP contribution in [0.25, 0.3) is 33.4 Å². The Balaban J connectivity index is 1.03. The lowest BCUT2D eigenvalue weighted by Gasteiger charge is -2.35. The van der Waals surface area contributed by atoms with Crippen molar-refractivity contribution in [3.8, 4) is 33.4 Å². The van der Waals surface area contributed by atoms with E-state index in [1.54, 1.807) is 0 Å². The smallest absolute Gasteiger partial charge is 0.0714 e. The van der Waals surface area contributed by atoms with Crippen molar-refractivity contribution in [3.05, 3.63) is 269 Å². The molecule has 2 aliphatic rings. The van der Waals surface area contributed by atoms with Gasteiger partial charge in [0.15, 0.2) is 0 Å². The van der Waals surface area contributed by atoms with Crippen LogP contribution in [0.3, 0.4) is 0 Å². The molecular formula is C56H39N. The van der Waals surface area contributed by atoms with Crippen molar-refractivity contribution in [2.45, 2.75) is 11.3 Å². The zero-order valence-corrected chi connectivity index (χ0v) is 31.5. The number of fused-ring (bicyclic) bond motifs is 6. The number of anilines is 3. The molecule has 1 nitrogen and oxygen atoms in total. The number of nitrogens with zero attached hydrogens (tertiary/aromatic N) is 1. The Labute approximate surface area is 334 Å². The van der Waals surface area contributed by atoms with Crippen LogP contribution in [-0.4, -0.2) is 0 Å². The Bertz CT molecular complexity index is 2840. The van der Waals surface area contributed by atoms with Crippen molar-refractivity contribution in [1.82, 2.24) is 0 Å². The van der Waals surface area contributed by atoms with E-state index in [1.165, 1.54) is 72.3 Å². The van der Waals surface area contributed by atoms with Gasteiger partial charge in [0.1, 0.15) is 0 Å². The summed E-state index contributed by atoms with van der Waals surface area (Å²) in [5.74, 6) is 0.246. The molecule has 9 aromatic rings. The molecule has 2 aliphatic carbocycles. The maximum absolute atomic E-state index is 2.44. The van der Waals surface area contributed by atoms with Crippen molar-refractivity contribution in [2.75, 3.05) is 4.90 Å². The van der Waals surface area contributed by atoms with Crippen LogP contribution in [-0.2, 0) is 5.41 Å². The van der Waals surface area contributed by atoms with E-state index in [1.807, 2.05) is 0 Å². The lowest BCUT2D eigenvalue weighted by molar-refractivity contribution is 0.768. The highest BCUT2D eigenvalue weighted by atomic mass is 15.1. The van der Waals surface area contributed by atoms with Crippen LogP contribution < -0.4 is 4.90 Å². The van der Waals surface area contributed by atoms with E-state index < -0.39 is 5.41 Å². The molecule has 0 spiro atoms. The SMILES string of the molecule is c1ccc(C2c3ccccc3-c3cc(-c4ccc(N(c5ccccc5)c5ccc6c(c5)C(c5ccccc5)(c5ccccc5)c5ccccc5-6)cc4)ccc32)cc1. The first-order valence-electron chi connectivity index (χ1n) is 19.9. The molecule has 9 aromatic carbocycles. The Kier molecular flexibility index (Phi) is 7.86. The summed E-state index contributed by atoms with van der Waals surface area (Å²) >= 11 is 0. The lowest BCUT2D eigenvalue weighted by atomic mass is 9.67. The predicted octanol–water partition coefficient (Wildman–Crippen LogP) is 14.3. The molecule has 0 radical (unpaired) electrons. The van der Waals surface area contributed by atoms with Gasteiger partial charge in [0.2, 0.25) is 0 Å². The van der Waals surface area contributed by atoms with Gasteiger partial charge in [-0.15, -0.1) is 0 Å². The highest BCUT2D eigenvalue weighted by molar-refractivity contribution is 5.90. The number of para-hydroxylation sites is 1. The molecule has 0 saturated carbocycles. The van der Waals surface area contributed by atoms with Crippen LogP contribution in [0.15, 0.2) is 231 Å². The Hall–Kier alpha value is -7.22. The Morgan fingerprint density at radius 2 is 0.825 bits per heavy atom. The molecule has 0 aromatic heterocycles. The fraction of sp³-hybridized carbons (Fsp3) is 0.0357. The minimum atomic E-state index is -0.470. The van der Waals surface area contributed by atoms with Crippen molar-refractivity contribution in [1.29, 1.82) is 0 Å². The highest BCUT2D eigenvalue weighted by Gasteiger charge is 2.46. The molecule has 1 atom stereocenters. The minimum Gasteiger partial charge on any atom is -0.310 e. The van der Waals surface area contributed by atoms with Crippen LogP contribution in [0.1, 0.15) is 44.9 Å². The van der Waals surface area contributed by atoms with E-state index in [9.17, 15) is 0 Å². The van der Waals surface area contributed by atoms with Gasteiger partial charge in [-0.3, -0.25) is 0 Å². The molecule has 11 rings (SSSR count). The number of rotatable bonds is 7. The minimum absolute atomic E-state index is 0.246. The van der Waals surface area contributed by atoms with Gasteiger partial charge in [-0.05, 0) is 115 Å². The standard InChI is InChI=1S/C56H39N/c1-5-17-40(18-6-1)55-50-27-14-13-25-47(50)52-37-41(31-35-51(52)55)39-29-32-45(33-30-39)57(44-23-11-4-12-24-44)46-34-36-49-48-26-15-16-28-53(48)56(54(49)38-46,42-19-7-2-8-20-42)43-21-9-3-10-22-43/h1-38,55H. The Morgan fingerprint density at radius 3 is 1.53 bits per heavy atom. The molecule has 0 aliphatic heterocycles. The Morgan fingerprint density at radius 1 is 0.316 bits per heavy atom. The van der Waals surface area contributed by atoms with E-state index >= 15 is 0 Å². The van der Waals surface area contributed by atoms with E-state index in [2.05, 4.69) is 235 Å². The molecule has 0 bridgehead atoms. The van der Waals surface area contributed by atoms with Gasteiger partial charge in [-0.2, -0.15) is 0 Å². The summed E-state index contributed by atoms with van der Waals surface area (Å²) in [7, 11) is 0. The topological polar surface area (TPSA) is 3.24 Å². The maximum atomic E-state index is 2.44. The van der Waals surface area contributed by atoms with Crippen LogP contribution in [0.4, 0.5) is 17.1 Å². The van der Waals surface area contributed by atoms with Gasteiger partial charge in [0.05, 0.1) is 5.41 Å². The summed E-state index contributed by atoms with van der Waals surface area (Å²) in [6.45, 7) is 0. The van der Waals surface area contributed by atoms with Crippen molar-refractivity contribution >= 4 is 17.1 Å². The summed E-state index contributed by atoms with van der Waals surface area (Å²) in [5.41, 5.74) is 19.8. The third-order valence-electron chi connectivity index (χ3n) is 12.2. The summed E-state index contributed by atoms with van der Waals surface area (Å²) < 4.78 is 0. The van der Waals surface area contributed by atoms with Crippen LogP contribution >= 0.6 is 0 Å². The highest BCUT2D eigenvalue weighted by Crippen LogP contribution is 2.57. The summed E-state index contributed by atoms with van der Waals surface area (Å²) in [5, 5.41) is 0. The average Bonchev–Trinajstić information content (AvgIpc) is 3.78. The number of hydrogen-bond acceptors (Lipinski definition) is 1. The van der Waals surface area contributed by atoms with E-state index in [4.69, 9.17) is 0 Å². The zero-order valence-electron chi connectivity index (χ0n) is 31.5. The van der Waals surface area contributed by atoms with Crippen molar-refractivity contribution in [3.63, 3.8) is 0 Å². The first-order valence-corrected chi connectivity index (χ1v) is 19.9. The van der Waals surface area contributed by atoms with Gasteiger partial charge in [-0.25, -0.2) is 0 Å². The zero-order chi connectivity index (χ0) is 37.8.